The molecule has 92 valence electrons. The maximum Gasteiger partial charge on any atom is 0.169 e. The van der Waals surface area contributed by atoms with Crippen LogP contribution in [-0.2, 0) is 6.42 Å². The molecule has 2 heterocycles. The Hall–Kier alpha value is -1.45. The van der Waals surface area contributed by atoms with E-state index in [1.54, 1.807) is 0 Å². The molecule has 6 nitrogen and oxygen atoms in total. The topological polar surface area (TPSA) is 71.8 Å². The minimum atomic E-state index is 0.214. The maximum atomic E-state index is 8.62. The Balaban J connectivity index is 2.15. The van der Waals surface area contributed by atoms with Gasteiger partial charge in [-0.1, -0.05) is 0 Å². The van der Waals surface area contributed by atoms with Gasteiger partial charge in [-0.25, -0.2) is 4.98 Å². The molecule has 6 heteroatoms. The SMILES string of the molecule is CN1CCCN(C)C(c2n[nH]c(CC#N)n2)C1. The molecule has 0 saturated carbocycles. The highest BCUT2D eigenvalue weighted by atomic mass is 15.3. The summed E-state index contributed by atoms with van der Waals surface area (Å²) in [7, 11) is 4.22. The van der Waals surface area contributed by atoms with Gasteiger partial charge in [0.2, 0.25) is 0 Å². The van der Waals surface area contributed by atoms with Gasteiger partial charge in [-0.15, -0.1) is 0 Å². The fraction of sp³-hybridized carbons (Fsp3) is 0.727. The Morgan fingerprint density at radius 1 is 1.47 bits per heavy atom. The summed E-state index contributed by atoms with van der Waals surface area (Å²) in [5.74, 6) is 1.45. The summed E-state index contributed by atoms with van der Waals surface area (Å²) in [6, 6.07) is 2.29. The third kappa shape index (κ3) is 2.81. The number of nitrogens with zero attached hydrogens (tertiary/aromatic N) is 5. The molecule has 0 aromatic carbocycles. The third-order valence-electron chi connectivity index (χ3n) is 3.16. The smallest absolute Gasteiger partial charge is 0.169 e. The summed E-state index contributed by atoms with van der Waals surface area (Å²) < 4.78 is 0. The molecule has 1 N–H and O–H groups in total. The quantitative estimate of drug-likeness (QED) is 0.790. The zero-order valence-corrected chi connectivity index (χ0v) is 10.3. The summed E-state index contributed by atoms with van der Waals surface area (Å²) in [5.41, 5.74) is 0. The lowest BCUT2D eigenvalue weighted by molar-refractivity contribution is 0.220. The first-order valence-electron chi connectivity index (χ1n) is 5.87. The number of hydrogen-bond donors (Lipinski definition) is 1. The second-order valence-corrected chi connectivity index (χ2v) is 4.59. The molecule has 0 amide bonds. The van der Waals surface area contributed by atoms with Crippen molar-refractivity contribution in [3.63, 3.8) is 0 Å². The van der Waals surface area contributed by atoms with Crippen molar-refractivity contribution in [2.45, 2.75) is 18.9 Å². The van der Waals surface area contributed by atoms with Gasteiger partial charge in [0.25, 0.3) is 0 Å². The lowest BCUT2D eigenvalue weighted by Crippen LogP contribution is -2.31. The molecule has 0 radical (unpaired) electrons. The molecule has 1 fully saturated rings. The Bertz CT molecular complexity index is 406. The van der Waals surface area contributed by atoms with Crippen molar-refractivity contribution in [2.24, 2.45) is 0 Å². The summed E-state index contributed by atoms with van der Waals surface area (Å²) in [6.07, 6.45) is 1.46. The van der Waals surface area contributed by atoms with Crippen LogP contribution >= 0.6 is 0 Å². The first kappa shape index (κ1) is 12.0. The average Bonchev–Trinajstić information content (AvgIpc) is 2.67. The van der Waals surface area contributed by atoms with E-state index in [2.05, 4.69) is 45.1 Å². The van der Waals surface area contributed by atoms with E-state index in [1.807, 2.05) is 0 Å². The predicted molar refractivity (Wildman–Crippen MR) is 63.2 cm³/mol. The molecule has 1 aromatic heterocycles. The van der Waals surface area contributed by atoms with Crippen molar-refractivity contribution in [2.75, 3.05) is 33.7 Å². The molecular weight excluding hydrogens is 216 g/mol. The summed E-state index contributed by atoms with van der Waals surface area (Å²) >= 11 is 0. The monoisotopic (exact) mass is 234 g/mol. The molecule has 0 bridgehead atoms. The molecule has 1 atom stereocenters. The summed E-state index contributed by atoms with van der Waals surface area (Å²) in [6.45, 7) is 3.09. The van der Waals surface area contributed by atoms with Crippen LogP contribution in [0.3, 0.4) is 0 Å². The molecule has 2 rings (SSSR count). The molecule has 1 aliphatic rings. The molecule has 1 saturated heterocycles. The van der Waals surface area contributed by atoms with Crippen molar-refractivity contribution >= 4 is 0 Å². The van der Waals surface area contributed by atoms with E-state index in [1.165, 1.54) is 6.42 Å². The predicted octanol–water partition coefficient (Wildman–Crippen LogP) is 0.179. The van der Waals surface area contributed by atoms with Crippen LogP contribution < -0.4 is 0 Å². The van der Waals surface area contributed by atoms with E-state index in [4.69, 9.17) is 5.26 Å². The van der Waals surface area contributed by atoms with Crippen molar-refractivity contribution in [1.29, 1.82) is 5.26 Å². The number of aromatic amines is 1. The van der Waals surface area contributed by atoms with Crippen molar-refractivity contribution in [1.82, 2.24) is 25.0 Å². The number of nitrogens with one attached hydrogen (secondary N) is 1. The van der Waals surface area contributed by atoms with Crippen LogP contribution in [0.25, 0.3) is 0 Å². The van der Waals surface area contributed by atoms with Crippen LogP contribution in [0.4, 0.5) is 0 Å². The second kappa shape index (κ2) is 5.25. The van der Waals surface area contributed by atoms with Crippen LogP contribution in [0.5, 0.6) is 0 Å². The van der Waals surface area contributed by atoms with E-state index in [9.17, 15) is 0 Å². The van der Waals surface area contributed by atoms with E-state index in [-0.39, 0.29) is 6.04 Å². The number of rotatable bonds is 2. The number of nitriles is 1. The van der Waals surface area contributed by atoms with E-state index in [0.717, 1.165) is 25.5 Å². The third-order valence-corrected chi connectivity index (χ3v) is 3.16. The molecule has 0 aliphatic carbocycles. The molecule has 1 aromatic rings. The number of H-pyrrole nitrogens is 1. The zero-order valence-electron chi connectivity index (χ0n) is 10.3. The van der Waals surface area contributed by atoms with E-state index < -0.39 is 0 Å². The van der Waals surface area contributed by atoms with Gasteiger partial charge in [-0.3, -0.25) is 10.00 Å². The van der Waals surface area contributed by atoms with Crippen LogP contribution in [-0.4, -0.2) is 58.7 Å². The second-order valence-electron chi connectivity index (χ2n) is 4.59. The largest absolute Gasteiger partial charge is 0.304 e. The maximum absolute atomic E-state index is 8.62. The van der Waals surface area contributed by atoms with Gasteiger partial charge in [0.05, 0.1) is 18.5 Å². The van der Waals surface area contributed by atoms with E-state index in [0.29, 0.717) is 12.2 Å². The van der Waals surface area contributed by atoms with Crippen LogP contribution in [0.2, 0.25) is 0 Å². The Morgan fingerprint density at radius 3 is 3.06 bits per heavy atom. The fourth-order valence-electron chi connectivity index (χ4n) is 2.16. The minimum Gasteiger partial charge on any atom is -0.304 e. The van der Waals surface area contributed by atoms with Gasteiger partial charge >= 0.3 is 0 Å². The number of aromatic nitrogens is 3. The van der Waals surface area contributed by atoms with E-state index >= 15 is 0 Å². The van der Waals surface area contributed by atoms with Crippen molar-refractivity contribution in [3.05, 3.63) is 11.6 Å². The molecule has 1 unspecified atom stereocenters. The Labute approximate surface area is 101 Å². The first-order chi connectivity index (χ1) is 8.20. The lowest BCUT2D eigenvalue weighted by Gasteiger charge is -2.24. The summed E-state index contributed by atoms with van der Waals surface area (Å²) in [4.78, 5) is 8.97. The highest BCUT2D eigenvalue weighted by Gasteiger charge is 2.25. The van der Waals surface area contributed by atoms with Crippen LogP contribution in [0.15, 0.2) is 0 Å². The number of hydrogen-bond acceptors (Lipinski definition) is 5. The van der Waals surface area contributed by atoms with Crippen LogP contribution in [0.1, 0.15) is 24.1 Å². The van der Waals surface area contributed by atoms with Crippen molar-refractivity contribution < 1.29 is 0 Å². The molecule has 1 aliphatic heterocycles. The van der Waals surface area contributed by atoms with Gasteiger partial charge in [0.15, 0.2) is 5.82 Å². The zero-order chi connectivity index (χ0) is 12.3. The Kier molecular flexibility index (Phi) is 3.71. The fourth-order valence-corrected chi connectivity index (χ4v) is 2.16. The molecule has 17 heavy (non-hydrogen) atoms. The molecule has 0 spiro atoms. The van der Waals surface area contributed by atoms with Crippen molar-refractivity contribution in [3.8, 4) is 6.07 Å². The van der Waals surface area contributed by atoms with Gasteiger partial charge < -0.3 is 4.90 Å². The van der Waals surface area contributed by atoms with Gasteiger partial charge in [0.1, 0.15) is 5.82 Å². The molecular formula is C11H18N6. The summed E-state index contributed by atoms with van der Waals surface area (Å²) in [5, 5.41) is 15.7. The van der Waals surface area contributed by atoms with Crippen LogP contribution in [0, 0.1) is 11.3 Å². The highest BCUT2D eigenvalue weighted by molar-refractivity contribution is 5.02. The lowest BCUT2D eigenvalue weighted by atomic mass is 10.2. The standard InChI is InChI=1S/C11H18N6/c1-16-6-3-7-17(2)9(8-16)11-13-10(4-5-12)14-15-11/h9H,3-4,6-8H2,1-2H3,(H,13,14,15). The minimum absolute atomic E-state index is 0.214. The van der Waals surface area contributed by atoms with Gasteiger partial charge in [-0.05, 0) is 33.6 Å². The Morgan fingerprint density at radius 2 is 2.29 bits per heavy atom. The number of likely N-dealkylation sites (N-methyl/N-ethyl adjacent to an activating group) is 2. The average molecular weight is 234 g/mol. The normalized spacial score (nSPS) is 23.2. The first-order valence-corrected chi connectivity index (χ1v) is 5.87. The highest BCUT2D eigenvalue weighted by Crippen LogP contribution is 2.19. The van der Waals surface area contributed by atoms with Gasteiger partial charge in [-0.2, -0.15) is 10.4 Å². The van der Waals surface area contributed by atoms with Gasteiger partial charge in [0, 0.05) is 6.54 Å².